The summed E-state index contributed by atoms with van der Waals surface area (Å²) in [5.41, 5.74) is 5.82. The maximum absolute atomic E-state index is 5.94. The molecule has 1 fully saturated rings. The minimum absolute atomic E-state index is 0.121. The summed E-state index contributed by atoms with van der Waals surface area (Å²) in [6.45, 7) is 5.78. The second-order valence-electron chi connectivity index (χ2n) is 4.32. The Bertz CT molecular complexity index is 130. The van der Waals surface area contributed by atoms with Crippen LogP contribution in [0.25, 0.3) is 0 Å². The molecular formula is C10H21NO. The van der Waals surface area contributed by atoms with Gasteiger partial charge in [0.05, 0.1) is 6.61 Å². The Labute approximate surface area is 75.5 Å². The van der Waals surface area contributed by atoms with E-state index in [9.17, 15) is 0 Å². The molecule has 0 spiro atoms. The molecule has 0 bridgehead atoms. The molecule has 1 unspecified atom stereocenters. The largest absolute Gasteiger partial charge is 0.379 e. The Hall–Kier alpha value is -0.0800. The van der Waals surface area contributed by atoms with Crippen molar-refractivity contribution in [1.82, 2.24) is 0 Å². The van der Waals surface area contributed by atoms with E-state index in [1.807, 2.05) is 6.92 Å². The van der Waals surface area contributed by atoms with Crippen LogP contribution in [0.15, 0.2) is 0 Å². The van der Waals surface area contributed by atoms with Gasteiger partial charge in [0.1, 0.15) is 0 Å². The van der Waals surface area contributed by atoms with Crippen LogP contribution in [0.1, 0.15) is 39.5 Å². The number of rotatable bonds is 5. The molecule has 12 heavy (non-hydrogen) atoms. The van der Waals surface area contributed by atoms with Gasteiger partial charge in [0.15, 0.2) is 0 Å². The molecule has 0 aliphatic heterocycles. The van der Waals surface area contributed by atoms with Crippen molar-refractivity contribution in [2.45, 2.75) is 45.1 Å². The van der Waals surface area contributed by atoms with Crippen molar-refractivity contribution in [3.8, 4) is 0 Å². The number of hydrogen-bond donors (Lipinski definition) is 1. The summed E-state index contributed by atoms with van der Waals surface area (Å²) in [4.78, 5) is 0. The molecular weight excluding hydrogens is 150 g/mol. The van der Waals surface area contributed by atoms with E-state index in [4.69, 9.17) is 10.5 Å². The molecule has 2 heteroatoms. The first kappa shape index (κ1) is 10.0. The fraction of sp³-hybridized carbons (Fsp3) is 1.00. The number of ether oxygens (including phenoxy) is 1. The SMILES string of the molecule is CCC(C)(N)COCC1CCC1. The molecule has 0 aromatic heterocycles. The predicted octanol–water partition coefficient (Wildman–Crippen LogP) is 1.93. The van der Waals surface area contributed by atoms with Crippen LogP contribution in [0.5, 0.6) is 0 Å². The molecule has 0 amide bonds. The minimum atomic E-state index is -0.121. The summed E-state index contributed by atoms with van der Waals surface area (Å²) in [6, 6.07) is 0. The maximum Gasteiger partial charge on any atom is 0.0643 e. The number of nitrogens with two attached hydrogens (primary N) is 1. The summed E-state index contributed by atoms with van der Waals surface area (Å²) < 4.78 is 5.57. The van der Waals surface area contributed by atoms with Gasteiger partial charge in [-0.05, 0) is 32.1 Å². The van der Waals surface area contributed by atoms with Gasteiger partial charge in [0, 0.05) is 12.1 Å². The average Bonchev–Trinajstić information content (AvgIpc) is 1.95. The minimum Gasteiger partial charge on any atom is -0.379 e. The van der Waals surface area contributed by atoms with Crippen molar-refractivity contribution in [3.05, 3.63) is 0 Å². The molecule has 1 saturated carbocycles. The van der Waals surface area contributed by atoms with Gasteiger partial charge in [-0.25, -0.2) is 0 Å². The Balaban J connectivity index is 2.00. The lowest BCUT2D eigenvalue weighted by Gasteiger charge is -2.28. The first-order valence-corrected chi connectivity index (χ1v) is 5.00. The van der Waals surface area contributed by atoms with Gasteiger partial charge in [-0.1, -0.05) is 13.3 Å². The zero-order valence-corrected chi connectivity index (χ0v) is 8.31. The zero-order valence-electron chi connectivity index (χ0n) is 8.31. The first-order chi connectivity index (χ1) is 5.64. The topological polar surface area (TPSA) is 35.2 Å². The first-order valence-electron chi connectivity index (χ1n) is 5.00. The maximum atomic E-state index is 5.94. The summed E-state index contributed by atoms with van der Waals surface area (Å²) in [5.74, 6) is 0.831. The highest BCUT2D eigenvalue weighted by Gasteiger charge is 2.20. The average molecular weight is 171 g/mol. The highest BCUT2D eigenvalue weighted by atomic mass is 16.5. The molecule has 0 radical (unpaired) electrons. The van der Waals surface area contributed by atoms with Crippen LogP contribution in [0.3, 0.4) is 0 Å². The Morgan fingerprint density at radius 1 is 1.50 bits per heavy atom. The standard InChI is InChI=1S/C10H21NO/c1-3-10(2,11)8-12-7-9-5-4-6-9/h9H,3-8,11H2,1-2H3. The zero-order chi connectivity index (χ0) is 9.03. The van der Waals surface area contributed by atoms with Crippen LogP contribution in [0.2, 0.25) is 0 Å². The second kappa shape index (κ2) is 4.24. The van der Waals surface area contributed by atoms with Crippen molar-refractivity contribution in [2.24, 2.45) is 11.7 Å². The van der Waals surface area contributed by atoms with E-state index in [1.165, 1.54) is 19.3 Å². The summed E-state index contributed by atoms with van der Waals surface area (Å²) >= 11 is 0. The van der Waals surface area contributed by atoms with Gasteiger partial charge < -0.3 is 10.5 Å². The van der Waals surface area contributed by atoms with Crippen LogP contribution in [-0.4, -0.2) is 18.8 Å². The molecule has 0 aromatic rings. The lowest BCUT2D eigenvalue weighted by Crippen LogP contribution is -2.41. The van der Waals surface area contributed by atoms with Gasteiger partial charge in [-0.3, -0.25) is 0 Å². The lowest BCUT2D eigenvalue weighted by atomic mass is 9.86. The fourth-order valence-corrected chi connectivity index (χ4v) is 1.22. The Morgan fingerprint density at radius 3 is 2.58 bits per heavy atom. The van der Waals surface area contributed by atoms with Crippen LogP contribution in [0, 0.1) is 5.92 Å². The van der Waals surface area contributed by atoms with Crippen LogP contribution < -0.4 is 5.73 Å². The molecule has 1 aliphatic rings. The van der Waals surface area contributed by atoms with E-state index in [0.29, 0.717) is 6.61 Å². The van der Waals surface area contributed by atoms with Gasteiger partial charge >= 0.3 is 0 Å². The third-order valence-electron chi connectivity index (χ3n) is 2.82. The smallest absolute Gasteiger partial charge is 0.0643 e. The van der Waals surface area contributed by atoms with E-state index in [0.717, 1.165) is 18.9 Å². The highest BCUT2D eigenvalue weighted by Crippen LogP contribution is 2.26. The van der Waals surface area contributed by atoms with Gasteiger partial charge in [0.2, 0.25) is 0 Å². The molecule has 0 aromatic carbocycles. The molecule has 1 rings (SSSR count). The van der Waals surface area contributed by atoms with Crippen molar-refractivity contribution in [2.75, 3.05) is 13.2 Å². The summed E-state index contributed by atoms with van der Waals surface area (Å²) in [7, 11) is 0. The van der Waals surface area contributed by atoms with Gasteiger partial charge in [0.25, 0.3) is 0 Å². The highest BCUT2D eigenvalue weighted by molar-refractivity contribution is 4.76. The van der Waals surface area contributed by atoms with Crippen molar-refractivity contribution >= 4 is 0 Å². The lowest BCUT2D eigenvalue weighted by molar-refractivity contribution is 0.0418. The predicted molar refractivity (Wildman–Crippen MR) is 51.0 cm³/mol. The normalized spacial score (nSPS) is 23.2. The van der Waals surface area contributed by atoms with Crippen molar-refractivity contribution in [3.63, 3.8) is 0 Å². The van der Waals surface area contributed by atoms with Gasteiger partial charge in [-0.15, -0.1) is 0 Å². The monoisotopic (exact) mass is 171 g/mol. The molecule has 0 heterocycles. The summed E-state index contributed by atoms with van der Waals surface area (Å²) in [5, 5.41) is 0. The molecule has 2 N–H and O–H groups in total. The van der Waals surface area contributed by atoms with E-state index >= 15 is 0 Å². The van der Waals surface area contributed by atoms with Crippen molar-refractivity contribution < 1.29 is 4.74 Å². The van der Waals surface area contributed by atoms with Gasteiger partial charge in [-0.2, -0.15) is 0 Å². The molecule has 72 valence electrons. The van der Waals surface area contributed by atoms with Crippen LogP contribution in [0.4, 0.5) is 0 Å². The fourth-order valence-electron chi connectivity index (χ4n) is 1.22. The van der Waals surface area contributed by atoms with E-state index in [2.05, 4.69) is 6.92 Å². The van der Waals surface area contributed by atoms with Crippen LogP contribution in [-0.2, 0) is 4.74 Å². The second-order valence-corrected chi connectivity index (χ2v) is 4.32. The van der Waals surface area contributed by atoms with E-state index in [-0.39, 0.29) is 5.54 Å². The van der Waals surface area contributed by atoms with Crippen LogP contribution >= 0.6 is 0 Å². The Kier molecular flexibility index (Phi) is 3.53. The summed E-state index contributed by atoms with van der Waals surface area (Å²) in [6.07, 6.45) is 5.08. The third-order valence-corrected chi connectivity index (χ3v) is 2.82. The van der Waals surface area contributed by atoms with E-state index < -0.39 is 0 Å². The van der Waals surface area contributed by atoms with E-state index in [1.54, 1.807) is 0 Å². The molecule has 1 aliphatic carbocycles. The molecule has 1 atom stereocenters. The molecule has 2 nitrogen and oxygen atoms in total. The number of hydrogen-bond acceptors (Lipinski definition) is 2. The Morgan fingerprint density at radius 2 is 2.17 bits per heavy atom. The quantitative estimate of drug-likeness (QED) is 0.686. The third kappa shape index (κ3) is 3.11. The van der Waals surface area contributed by atoms with Crippen molar-refractivity contribution in [1.29, 1.82) is 0 Å². The molecule has 0 saturated heterocycles.